The van der Waals surface area contributed by atoms with Gasteiger partial charge in [-0.3, -0.25) is 14.0 Å². The van der Waals surface area contributed by atoms with Gasteiger partial charge in [0.05, 0.1) is 0 Å². The summed E-state index contributed by atoms with van der Waals surface area (Å²) in [6.07, 6.45) is 4.35. The first kappa shape index (κ1) is 27.1. The van der Waals surface area contributed by atoms with E-state index in [0.29, 0.717) is 48.6 Å². The van der Waals surface area contributed by atoms with Gasteiger partial charge in [0.25, 0.3) is 11.8 Å². The number of amides is 2. The maximum atomic E-state index is 13.1. The molecule has 2 atom stereocenters. The molecule has 3 heterocycles. The molecule has 1 fully saturated rings. The Bertz CT molecular complexity index is 1160. The second-order valence-electron chi connectivity index (χ2n) is 9.47. The molecule has 1 saturated heterocycles. The topological polar surface area (TPSA) is 95.8 Å². The van der Waals surface area contributed by atoms with Crippen LogP contribution in [0.25, 0.3) is 5.65 Å². The molecule has 0 radical (unpaired) electrons. The standard InChI is InChI=1S/C26H33N5O2.C2H4O/c1-18(2)14-20(19-8-5-4-6-9-19)15-28-25(32)23-10-7-11-24-29-22(17-31(23)24)26(33)30-13-12-21(16-30)27-3;1-2-3/h4-11,17-18,20-21,27H,12-16H2,1-3H3,(H,28,32);2H,1H3. The lowest BCUT2D eigenvalue weighted by molar-refractivity contribution is -0.106. The van der Waals surface area contributed by atoms with Gasteiger partial charge in [-0.1, -0.05) is 50.2 Å². The van der Waals surface area contributed by atoms with Crippen molar-refractivity contribution < 1.29 is 14.4 Å². The van der Waals surface area contributed by atoms with Crippen molar-refractivity contribution in [3.05, 3.63) is 71.7 Å². The molecule has 2 amide bonds. The van der Waals surface area contributed by atoms with E-state index in [1.807, 2.05) is 36.2 Å². The van der Waals surface area contributed by atoms with Gasteiger partial charge in [0.15, 0.2) is 0 Å². The van der Waals surface area contributed by atoms with E-state index in [4.69, 9.17) is 4.79 Å². The van der Waals surface area contributed by atoms with Crippen molar-refractivity contribution in [3.63, 3.8) is 0 Å². The van der Waals surface area contributed by atoms with Crippen LogP contribution in [0.2, 0.25) is 0 Å². The number of hydrogen-bond acceptors (Lipinski definition) is 5. The number of benzene rings is 1. The maximum absolute atomic E-state index is 13.1. The lowest BCUT2D eigenvalue weighted by Gasteiger charge is -2.20. The van der Waals surface area contributed by atoms with Gasteiger partial charge in [0, 0.05) is 37.8 Å². The minimum atomic E-state index is -0.168. The highest BCUT2D eigenvalue weighted by atomic mass is 16.2. The lowest BCUT2D eigenvalue weighted by atomic mass is 9.90. The van der Waals surface area contributed by atoms with Gasteiger partial charge >= 0.3 is 0 Å². The third kappa shape index (κ3) is 6.79. The number of aromatic nitrogens is 2. The smallest absolute Gasteiger partial charge is 0.274 e. The number of carbonyl (C=O) groups excluding carboxylic acids is 3. The predicted molar refractivity (Wildman–Crippen MR) is 141 cm³/mol. The molecule has 8 heteroatoms. The quantitative estimate of drug-likeness (QED) is 0.470. The summed E-state index contributed by atoms with van der Waals surface area (Å²) in [6, 6.07) is 16.0. The molecule has 0 saturated carbocycles. The van der Waals surface area contributed by atoms with Crippen molar-refractivity contribution in [2.45, 2.75) is 45.6 Å². The number of nitrogens with one attached hydrogen (secondary N) is 2. The first-order valence-corrected chi connectivity index (χ1v) is 12.6. The molecule has 1 aliphatic rings. The van der Waals surface area contributed by atoms with Gasteiger partial charge in [-0.15, -0.1) is 0 Å². The van der Waals surface area contributed by atoms with E-state index >= 15 is 0 Å². The number of likely N-dealkylation sites (tertiary alicyclic amines) is 1. The molecule has 2 unspecified atom stereocenters. The first-order chi connectivity index (χ1) is 17.4. The summed E-state index contributed by atoms with van der Waals surface area (Å²) in [4.78, 5) is 41.2. The molecule has 0 spiro atoms. The molecular formula is C28H37N5O3. The third-order valence-electron chi connectivity index (χ3n) is 6.36. The molecule has 192 valence electrons. The van der Waals surface area contributed by atoms with E-state index in [9.17, 15) is 9.59 Å². The van der Waals surface area contributed by atoms with Crippen LogP contribution in [0, 0.1) is 5.92 Å². The summed E-state index contributed by atoms with van der Waals surface area (Å²) in [7, 11) is 1.91. The number of pyridine rings is 1. The molecule has 4 rings (SSSR count). The Morgan fingerprint density at radius 1 is 1.14 bits per heavy atom. The Kier molecular flexibility index (Phi) is 9.76. The number of rotatable bonds is 8. The second kappa shape index (κ2) is 13.0. The zero-order valence-electron chi connectivity index (χ0n) is 21.6. The molecule has 36 heavy (non-hydrogen) atoms. The fraction of sp³-hybridized carbons (Fsp3) is 0.429. The molecule has 3 aromatic rings. The number of fused-ring (bicyclic) bond motifs is 1. The van der Waals surface area contributed by atoms with E-state index < -0.39 is 0 Å². The molecule has 8 nitrogen and oxygen atoms in total. The van der Waals surface area contributed by atoms with Crippen molar-refractivity contribution in [1.82, 2.24) is 24.9 Å². The summed E-state index contributed by atoms with van der Waals surface area (Å²) >= 11 is 0. The molecule has 1 aliphatic heterocycles. The van der Waals surface area contributed by atoms with Gasteiger partial charge in [0.2, 0.25) is 0 Å². The zero-order valence-corrected chi connectivity index (χ0v) is 21.6. The normalized spacial score (nSPS) is 15.9. The van der Waals surface area contributed by atoms with Crippen molar-refractivity contribution in [2.75, 3.05) is 26.7 Å². The summed E-state index contributed by atoms with van der Waals surface area (Å²) in [5, 5.41) is 6.34. The Balaban J connectivity index is 0.00000115. The highest BCUT2D eigenvalue weighted by molar-refractivity contribution is 5.95. The summed E-state index contributed by atoms with van der Waals surface area (Å²) in [5.74, 6) is 0.498. The van der Waals surface area contributed by atoms with Crippen LogP contribution in [0.5, 0.6) is 0 Å². The maximum Gasteiger partial charge on any atom is 0.274 e. The van der Waals surface area contributed by atoms with Gasteiger partial charge in [-0.05, 0) is 50.4 Å². The largest absolute Gasteiger partial charge is 0.350 e. The number of likely N-dealkylation sites (N-methyl/N-ethyl adjacent to an activating group) is 1. The fourth-order valence-electron chi connectivity index (χ4n) is 4.58. The Morgan fingerprint density at radius 2 is 1.86 bits per heavy atom. The van der Waals surface area contributed by atoms with Gasteiger partial charge in [-0.2, -0.15) is 0 Å². The minimum Gasteiger partial charge on any atom is -0.350 e. The van der Waals surface area contributed by atoms with Crippen molar-refractivity contribution in [2.24, 2.45) is 5.92 Å². The molecule has 2 aromatic heterocycles. The van der Waals surface area contributed by atoms with Gasteiger partial charge in [-0.25, -0.2) is 4.98 Å². The van der Waals surface area contributed by atoms with Crippen molar-refractivity contribution in [3.8, 4) is 0 Å². The van der Waals surface area contributed by atoms with E-state index in [1.165, 1.54) is 12.5 Å². The first-order valence-electron chi connectivity index (χ1n) is 12.6. The zero-order chi connectivity index (χ0) is 26.1. The summed E-state index contributed by atoms with van der Waals surface area (Å²) < 4.78 is 1.72. The number of hydrogen-bond donors (Lipinski definition) is 2. The van der Waals surface area contributed by atoms with E-state index in [2.05, 4.69) is 41.6 Å². The van der Waals surface area contributed by atoms with Crippen molar-refractivity contribution in [1.29, 1.82) is 0 Å². The van der Waals surface area contributed by atoms with Crippen LogP contribution in [0.4, 0.5) is 0 Å². The lowest BCUT2D eigenvalue weighted by Crippen LogP contribution is -2.33. The third-order valence-corrected chi connectivity index (χ3v) is 6.36. The van der Waals surface area contributed by atoms with E-state index in [0.717, 1.165) is 19.1 Å². The highest BCUT2D eigenvalue weighted by Crippen LogP contribution is 2.23. The fourth-order valence-corrected chi connectivity index (χ4v) is 4.58. The molecule has 0 aliphatic carbocycles. The summed E-state index contributed by atoms with van der Waals surface area (Å²) in [5.41, 5.74) is 2.67. The number of carbonyl (C=O) groups is 3. The highest BCUT2D eigenvalue weighted by Gasteiger charge is 2.28. The van der Waals surface area contributed by atoms with Gasteiger partial charge < -0.3 is 20.3 Å². The number of aldehydes is 1. The Labute approximate surface area is 213 Å². The average Bonchev–Trinajstić information content (AvgIpc) is 3.54. The van der Waals surface area contributed by atoms with Crippen LogP contribution < -0.4 is 10.6 Å². The molecular weight excluding hydrogens is 454 g/mol. The second-order valence-corrected chi connectivity index (χ2v) is 9.47. The van der Waals surface area contributed by atoms with E-state index in [-0.39, 0.29) is 17.7 Å². The number of imidazole rings is 1. The Hall–Kier alpha value is -3.52. The average molecular weight is 492 g/mol. The minimum absolute atomic E-state index is 0.0936. The SMILES string of the molecule is CC=O.CNC1CCN(C(=O)c2cn3c(C(=O)NCC(CC(C)C)c4ccccc4)cccc3n2)C1. The molecule has 0 bridgehead atoms. The van der Waals surface area contributed by atoms with Gasteiger partial charge in [0.1, 0.15) is 23.3 Å². The molecule has 2 N–H and O–H groups in total. The van der Waals surface area contributed by atoms with Crippen LogP contribution in [-0.2, 0) is 4.79 Å². The Morgan fingerprint density at radius 3 is 2.50 bits per heavy atom. The number of nitrogens with zero attached hydrogens (tertiary/aromatic N) is 3. The van der Waals surface area contributed by atoms with Crippen LogP contribution in [0.1, 0.15) is 66.1 Å². The monoisotopic (exact) mass is 491 g/mol. The molecule has 1 aromatic carbocycles. The van der Waals surface area contributed by atoms with Crippen LogP contribution in [-0.4, -0.2) is 65.1 Å². The van der Waals surface area contributed by atoms with Crippen molar-refractivity contribution >= 4 is 23.7 Å². The summed E-state index contributed by atoms with van der Waals surface area (Å²) in [6.45, 7) is 7.77. The van der Waals surface area contributed by atoms with E-state index in [1.54, 1.807) is 22.7 Å². The van der Waals surface area contributed by atoms with Crippen LogP contribution in [0.15, 0.2) is 54.7 Å². The van der Waals surface area contributed by atoms with Crippen LogP contribution in [0.3, 0.4) is 0 Å². The van der Waals surface area contributed by atoms with Crippen LogP contribution >= 0.6 is 0 Å². The predicted octanol–water partition coefficient (Wildman–Crippen LogP) is 3.53.